The Bertz CT molecular complexity index is 711. The van der Waals surface area contributed by atoms with Crippen molar-refractivity contribution in [1.82, 2.24) is 0 Å². The molecule has 0 unspecified atom stereocenters. The molecular weight excluding hydrogens is 304 g/mol. The van der Waals surface area contributed by atoms with E-state index < -0.39 is 0 Å². The van der Waals surface area contributed by atoms with Crippen molar-refractivity contribution in [2.45, 2.75) is 54.4 Å². The van der Waals surface area contributed by atoms with Crippen LogP contribution in [0.1, 0.15) is 47.2 Å². The predicted molar refractivity (Wildman–Crippen MR) is 110 cm³/mol. The van der Waals surface area contributed by atoms with Crippen LogP contribution >= 0.6 is 0 Å². The van der Waals surface area contributed by atoms with Crippen LogP contribution in [0.3, 0.4) is 0 Å². The molecule has 0 atom stereocenters. The van der Waals surface area contributed by atoms with E-state index in [2.05, 4.69) is 75.6 Å². The van der Waals surface area contributed by atoms with Crippen molar-refractivity contribution in [1.29, 1.82) is 0 Å². The van der Waals surface area contributed by atoms with E-state index in [1.165, 1.54) is 44.8 Å². The van der Waals surface area contributed by atoms with Crippen LogP contribution in [-0.2, 0) is 12.8 Å². The molecule has 2 heteroatoms. The maximum absolute atomic E-state index is 2.58. The molecule has 2 aromatic rings. The molecule has 0 saturated carbocycles. The molecule has 0 aromatic heterocycles. The van der Waals surface area contributed by atoms with E-state index in [1.54, 1.807) is 0 Å². The predicted octanol–water partition coefficient (Wildman–Crippen LogP) is 5.33. The minimum absolute atomic E-state index is 0.994. The summed E-state index contributed by atoms with van der Waals surface area (Å²) in [6.07, 6.45) is 2.19. The first-order valence-electron chi connectivity index (χ1n) is 9.64. The number of anilines is 2. The third-order valence-corrected chi connectivity index (χ3v) is 5.42. The molecule has 0 radical (unpaired) electrons. The van der Waals surface area contributed by atoms with Crippen LogP contribution in [0.2, 0.25) is 0 Å². The summed E-state index contributed by atoms with van der Waals surface area (Å²) in [6.45, 7) is 16.7. The van der Waals surface area contributed by atoms with Gasteiger partial charge >= 0.3 is 0 Å². The second-order valence-corrected chi connectivity index (χ2v) is 7.55. The maximum atomic E-state index is 2.58. The SMILES string of the molecule is CCc1cc(C)cc(C)c1N1CCN(c2c(C)cc(C)cc2CC)C1. The van der Waals surface area contributed by atoms with Crippen LogP contribution in [0.15, 0.2) is 24.3 Å². The van der Waals surface area contributed by atoms with Gasteiger partial charge in [0.2, 0.25) is 0 Å². The summed E-state index contributed by atoms with van der Waals surface area (Å²) < 4.78 is 0. The van der Waals surface area contributed by atoms with E-state index in [0.717, 1.165) is 32.6 Å². The molecule has 0 amide bonds. The van der Waals surface area contributed by atoms with Gasteiger partial charge in [-0.1, -0.05) is 49.2 Å². The first-order chi connectivity index (χ1) is 11.9. The average molecular weight is 337 g/mol. The molecule has 1 saturated heterocycles. The van der Waals surface area contributed by atoms with Gasteiger partial charge in [0.05, 0.1) is 6.67 Å². The van der Waals surface area contributed by atoms with Crippen molar-refractivity contribution in [3.63, 3.8) is 0 Å². The summed E-state index contributed by atoms with van der Waals surface area (Å²) in [5.41, 5.74) is 11.4. The second-order valence-electron chi connectivity index (χ2n) is 7.55. The van der Waals surface area contributed by atoms with Crippen LogP contribution in [0.25, 0.3) is 0 Å². The van der Waals surface area contributed by atoms with Crippen LogP contribution in [0.5, 0.6) is 0 Å². The van der Waals surface area contributed by atoms with Crippen LogP contribution in [-0.4, -0.2) is 19.8 Å². The third-order valence-electron chi connectivity index (χ3n) is 5.42. The Hall–Kier alpha value is -1.96. The summed E-state index contributed by atoms with van der Waals surface area (Å²) in [5.74, 6) is 0. The van der Waals surface area contributed by atoms with E-state index >= 15 is 0 Å². The van der Waals surface area contributed by atoms with Gasteiger partial charge in [-0.2, -0.15) is 0 Å². The van der Waals surface area contributed by atoms with Gasteiger partial charge in [0.25, 0.3) is 0 Å². The summed E-state index contributed by atoms with van der Waals surface area (Å²) in [5, 5.41) is 0. The first kappa shape index (κ1) is 17.8. The smallest absolute Gasteiger partial charge is 0.0904 e. The van der Waals surface area contributed by atoms with Crippen molar-refractivity contribution in [3.8, 4) is 0 Å². The Morgan fingerprint density at radius 3 is 1.44 bits per heavy atom. The zero-order valence-electron chi connectivity index (χ0n) is 16.7. The Morgan fingerprint density at radius 2 is 1.08 bits per heavy atom. The van der Waals surface area contributed by atoms with Gasteiger partial charge in [-0.3, -0.25) is 0 Å². The van der Waals surface area contributed by atoms with Crippen LogP contribution < -0.4 is 9.80 Å². The highest BCUT2D eigenvalue weighted by molar-refractivity contribution is 5.66. The molecule has 0 bridgehead atoms. The lowest BCUT2D eigenvalue weighted by Gasteiger charge is -2.27. The minimum Gasteiger partial charge on any atom is -0.352 e. The fraction of sp³-hybridized carbons (Fsp3) is 0.478. The number of benzene rings is 2. The molecule has 0 aliphatic carbocycles. The lowest BCUT2D eigenvalue weighted by molar-refractivity contribution is 0.916. The lowest BCUT2D eigenvalue weighted by atomic mass is 10.0. The molecule has 1 heterocycles. The molecule has 134 valence electrons. The van der Waals surface area contributed by atoms with Crippen molar-refractivity contribution in [2.75, 3.05) is 29.6 Å². The van der Waals surface area contributed by atoms with E-state index in [9.17, 15) is 0 Å². The van der Waals surface area contributed by atoms with Crippen LogP contribution in [0.4, 0.5) is 11.4 Å². The number of nitrogens with zero attached hydrogens (tertiary/aromatic N) is 2. The Labute approximate surface area is 153 Å². The molecular formula is C23H32N2. The zero-order valence-corrected chi connectivity index (χ0v) is 16.7. The fourth-order valence-electron chi connectivity index (χ4n) is 4.49. The van der Waals surface area contributed by atoms with E-state index in [-0.39, 0.29) is 0 Å². The van der Waals surface area contributed by atoms with Gasteiger partial charge in [-0.25, -0.2) is 0 Å². The van der Waals surface area contributed by atoms with Gasteiger partial charge < -0.3 is 9.80 Å². The van der Waals surface area contributed by atoms with Crippen molar-refractivity contribution >= 4 is 11.4 Å². The Morgan fingerprint density at radius 1 is 0.680 bits per heavy atom. The number of rotatable bonds is 4. The highest BCUT2D eigenvalue weighted by atomic mass is 15.4. The number of hydrogen-bond acceptors (Lipinski definition) is 2. The zero-order chi connectivity index (χ0) is 18.1. The molecule has 1 aliphatic rings. The summed E-state index contributed by atoms with van der Waals surface area (Å²) >= 11 is 0. The van der Waals surface area contributed by atoms with E-state index in [4.69, 9.17) is 0 Å². The van der Waals surface area contributed by atoms with Crippen molar-refractivity contribution < 1.29 is 0 Å². The molecule has 2 nitrogen and oxygen atoms in total. The largest absolute Gasteiger partial charge is 0.352 e. The first-order valence-corrected chi connectivity index (χ1v) is 9.64. The third kappa shape index (κ3) is 3.40. The maximum Gasteiger partial charge on any atom is 0.0904 e. The lowest BCUT2D eigenvalue weighted by Crippen LogP contribution is -2.27. The summed E-state index contributed by atoms with van der Waals surface area (Å²) in [6, 6.07) is 9.37. The van der Waals surface area contributed by atoms with E-state index in [0.29, 0.717) is 0 Å². The molecule has 1 aliphatic heterocycles. The molecule has 2 aromatic carbocycles. The van der Waals surface area contributed by atoms with Crippen LogP contribution in [0, 0.1) is 27.7 Å². The monoisotopic (exact) mass is 336 g/mol. The molecule has 25 heavy (non-hydrogen) atoms. The minimum atomic E-state index is 0.994. The molecule has 1 fully saturated rings. The standard InChI is InChI=1S/C23H32N2/c1-7-20-13-16(3)11-18(5)22(20)24-9-10-25(15-24)23-19(6)12-17(4)14-21(23)8-2/h11-14H,7-10,15H2,1-6H3. The summed E-state index contributed by atoms with van der Waals surface area (Å²) in [7, 11) is 0. The molecule has 0 N–H and O–H groups in total. The molecule has 0 spiro atoms. The van der Waals surface area contributed by atoms with Gasteiger partial charge in [0.1, 0.15) is 0 Å². The van der Waals surface area contributed by atoms with Gasteiger partial charge in [-0.05, 0) is 62.8 Å². The number of hydrogen-bond donors (Lipinski definition) is 0. The quantitative estimate of drug-likeness (QED) is 0.744. The van der Waals surface area contributed by atoms with Gasteiger partial charge in [0, 0.05) is 24.5 Å². The van der Waals surface area contributed by atoms with E-state index in [1.807, 2.05) is 0 Å². The molecule has 3 rings (SSSR count). The average Bonchev–Trinajstić information content (AvgIpc) is 3.01. The second kappa shape index (κ2) is 7.11. The van der Waals surface area contributed by atoms with Gasteiger partial charge in [-0.15, -0.1) is 0 Å². The van der Waals surface area contributed by atoms with Crippen molar-refractivity contribution in [3.05, 3.63) is 57.6 Å². The topological polar surface area (TPSA) is 6.48 Å². The van der Waals surface area contributed by atoms with Gasteiger partial charge in [0.15, 0.2) is 0 Å². The Kier molecular flexibility index (Phi) is 5.08. The normalized spacial score (nSPS) is 14.5. The highest BCUT2D eigenvalue weighted by Gasteiger charge is 2.25. The number of aryl methyl sites for hydroxylation is 6. The van der Waals surface area contributed by atoms with Crippen molar-refractivity contribution in [2.24, 2.45) is 0 Å². The highest BCUT2D eigenvalue weighted by Crippen LogP contribution is 2.34. The summed E-state index contributed by atoms with van der Waals surface area (Å²) in [4.78, 5) is 5.15. The fourth-order valence-corrected chi connectivity index (χ4v) is 4.49. The Balaban J connectivity index is 1.94.